The molecule has 0 saturated heterocycles. The van der Waals surface area contributed by atoms with E-state index in [1.165, 1.54) is 5.56 Å². The third-order valence-corrected chi connectivity index (χ3v) is 2.63. The highest BCUT2D eigenvalue weighted by molar-refractivity contribution is 5.78. The van der Waals surface area contributed by atoms with Gasteiger partial charge >= 0.3 is 0 Å². The summed E-state index contributed by atoms with van der Waals surface area (Å²) in [5.41, 5.74) is 6.99. The fourth-order valence-electron chi connectivity index (χ4n) is 1.50. The molecule has 3 nitrogen and oxygen atoms in total. The maximum absolute atomic E-state index is 5.74. The highest BCUT2D eigenvalue weighted by Gasteiger charge is 2.19. The smallest absolute Gasteiger partial charge is 0.188 e. The minimum atomic E-state index is -0.0122. The van der Waals surface area contributed by atoms with Gasteiger partial charge in [-0.3, -0.25) is 4.99 Å². The summed E-state index contributed by atoms with van der Waals surface area (Å²) >= 11 is 0. The Hall–Kier alpha value is -1.77. The predicted molar refractivity (Wildman–Crippen MR) is 74.2 cm³/mol. The first-order valence-electron chi connectivity index (χ1n) is 5.76. The van der Waals surface area contributed by atoms with Crippen molar-refractivity contribution in [2.75, 3.05) is 13.1 Å². The molecule has 0 unspecified atom stereocenters. The lowest BCUT2D eigenvalue weighted by Crippen LogP contribution is -2.33. The molecule has 1 rings (SSSR count). The molecule has 0 amide bonds. The predicted octanol–water partition coefficient (Wildman–Crippen LogP) is 2.05. The van der Waals surface area contributed by atoms with Crippen molar-refractivity contribution in [3.05, 3.63) is 48.6 Å². The summed E-state index contributed by atoms with van der Waals surface area (Å²) in [6.45, 7) is 9.23. The van der Waals surface area contributed by atoms with Gasteiger partial charge in [-0.25, -0.2) is 0 Å². The van der Waals surface area contributed by atoms with Gasteiger partial charge in [0.15, 0.2) is 5.96 Å². The average Bonchev–Trinajstić information content (AvgIpc) is 2.35. The minimum absolute atomic E-state index is 0.0122. The molecule has 0 saturated carbocycles. The molecule has 0 atom stereocenters. The molecule has 0 radical (unpaired) electrons. The first-order chi connectivity index (χ1) is 8.06. The van der Waals surface area contributed by atoms with Gasteiger partial charge in [-0.05, 0) is 5.56 Å². The number of aliphatic imine (C=N–C) groups is 1. The van der Waals surface area contributed by atoms with Gasteiger partial charge in [0.1, 0.15) is 0 Å². The number of benzene rings is 1. The van der Waals surface area contributed by atoms with E-state index in [2.05, 4.69) is 42.9 Å². The van der Waals surface area contributed by atoms with Crippen LogP contribution in [0.2, 0.25) is 0 Å². The summed E-state index contributed by atoms with van der Waals surface area (Å²) in [5.74, 6) is 0.467. The molecule has 1 aromatic rings. The van der Waals surface area contributed by atoms with Crippen molar-refractivity contribution in [3.63, 3.8) is 0 Å². The van der Waals surface area contributed by atoms with Crippen molar-refractivity contribution < 1.29 is 0 Å². The van der Waals surface area contributed by atoms with Crippen molar-refractivity contribution in [1.29, 1.82) is 0 Å². The Balaban J connectivity index is 2.64. The standard InChI is InChI=1S/C14H21N3/c1-4-10-16-13(15)17-11-14(2,3)12-8-6-5-7-9-12/h4-9H,1,10-11H2,2-3H3,(H3,15,16,17). The fourth-order valence-corrected chi connectivity index (χ4v) is 1.50. The Kier molecular flexibility index (Phi) is 4.76. The topological polar surface area (TPSA) is 50.4 Å². The number of rotatable bonds is 5. The summed E-state index contributed by atoms with van der Waals surface area (Å²) in [7, 11) is 0. The van der Waals surface area contributed by atoms with Gasteiger partial charge in [0.25, 0.3) is 0 Å². The zero-order valence-corrected chi connectivity index (χ0v) is 10.6. The van der Waals surface area contributed by atoms with Crippen LogP contribution in [-0.4, -0.2) is 19.0 Å². The molecule has 3 heteroatoms. The molecular formula is C14H21N3. The third kappa shape index (κ3) is 4.31. The zero-order chi connectivity index (χ0) is 12.7. The Labute approximate surface area is 103 Å². The van der Waals surface area contributed by atoms with Crippen molar-refractivity contribution >= 4 is 5.96 Å². The van der Waals surface area contributed by atoms with Crippen LogP contribution in [0.15, 0.2) is 48.0 Å². The Morgan fingerprint density at radius 3 is 2.65 bits per heavy atom. The van der Waals surface area contributed by atoms with E-state index < -0.39 is 0 Å². The van der Waals surface area contributed by atoms with Crippen molar-refractivity contribution in [1.82, 2.24) is 5.32 Å². The van der Waals surface area contributed by atoms with Crippen molar-refractivity contribution in [3.8, 4) is 0 Å². The molecule has 0 aliphatic heterocycles. The zero-order valence-electron chi connectivity index (χ0n) is 10.6. The second-order valence-electron chi connectivity index (χ2n) is 4.62. The second kappa shape index (κ2) is 6.09. The van der Waals surface area contributed by atoms with E-state index in [-0.39, 0.29) is 5.41 Å². The van der Waals surface area contributed by atoms with E-state index in [1.54, 1.807) is 6.08 Å². The van der Waals surface area contributed by atoms with Gasteiger partial charge in [0, 0.05) is 12.0 Å². The summed E-state index contributed by atoms with van der Waals surface area (Å²) in [5, 5.41) is 2.97. The van der Waals surface area contributed by atoms with E-state index in [9.17, 15) is 0 Å². The van der Waals surface area contributed by atoms with Crippen LogP contribution in [0, 0.1) is 0 Å². The summed E-state index contributed by atoms with van der Waals surface area (Å²) < 4.78 is 0. The van der Waals surface area contributed by atoms with E-state index in [4.69, 9.17) is 5.73 Å². The molecule has 0 aliphatic rings. The highest BCUT2D eigenvalue weighted by Crippen LogP contribution is 2.22. The molecule has 0 heterocycles. The maximum Gasteiger partial charge on any atom is 0.188 e. The first kappa shape index (κ1) is 13.3. The van der Waals surface area contributed by atoms with Crippen LogP contribution in [0.1, 0.15) is 19.4 Å². The number of nitrogens with one attached hydrogen (secondary N) is 1. The van der Waals surface area contributed by atoms with Crippen LogP contribution in [0.3, 0.4) is 0 Å². The molecule has 17 heavy (non-hydrogen) atoms. The first-order valence-corrected chi connectivity index (χ1v) is 5.76. The third-order valence-electron chi connectivity index (χ3n) is 2.63. The van der Waals surface area contributed by atoms with Crippen LogP contribution >= 0.6 is 0 Å². The van der Waals surface area contributed by atoms with E-state index >= 15 is 0 Å². The van der Waals surface area contributed by atoms with Gasteiger partial charge in [-0.15, -0.1) is 6.58 Å². The van der Waals surface area contributed by atoms with Gasteiger partial charge in [-0.2, -0.15) is 0 Å². The number of hydrogen-bond donors (Lipinski definition) is 2. The number of hydrogen-bond acceptors (Lipinski definition) is 1. The largest absolute Gasteiger partial charge is 0.370 e. The Bertz CT molecular complexity index is 380. The number of nitrogens with two attached hydrogens (primary N) is 1. The van der Waals surface area contributed by atoms with E-state index in [0.29, 0.717) is 19.0 Å². The summed E-state index contributed by atoms with van der Waals surface area (Å²) in [6, 6.07) is 10.3. The highest BCUT2D eigenvalue weighted by atomic mass is 15.1. The quantitative estimate of drug-likeness (QED) is 0.463. The lowest BCUT2D eigenvalue weighted by molar-refractivity contribution is 0.539. The normalized spacial score (nSPS) is 12.2. The van der Waals surface area contributed by atoms with E-state index in [0.717, 1.165) is 0 Å². The molecule has 3 N–H and O–H groups in total. The Morgan fingerprint density at radius 2 is 2.06 bits per heavy atom. The molecule has 1 aromatic carbocycles. The van der Waals surface area contributed by atoms with Crippen molar-refractivity contribution in [2.45, 2.75) is 19.3 Å². The van der Waals surface area contributed by atoms with Crippen LogP contribution in [0.25, 0.3) is 0 Å². The summed E-state index contributed by atoms with van der Waals surface area (Å²) in [6.07, 6.45) is 1.75. The number of guanidine groups is 1. The summed E-state index contributed by atoms with van der Waals surface area (Å²) in [4.78, 5) is 4.35. The van der Waals surface area contributed by atoms with Crippen LogP contribution in [-0.2, 0) is 5.41 Å². The average molecular weight is 231 g/mol. The van der Waals surface area contributed by atoms with Gasteiger partial charge in [0.2, 0.25) is 0 Å². The molecule has 0 fully saturated rings. The number of nitrogens with zero attached hydrogens (tertiary/aromatic N) is 1. The molecule has 0 spiro atoms. The van der Waals surface area contributed by atoms with Crippen LogP contribution < -0.4 is 11.1 Å². The molecule has 92 valence electrons. The van der Waals surface area contributed by atoms with Gasteiger partial charge in [-0.1, -0.05) is 50.3 Å². The minimum Gasteiger partial charge on any atom is -0.370 e. The van der Waals surface area contributed by atoms with Crippen molar-refractivity contribution in [2.24, 2.45) is 10.7 Å². The molecule has 0 aromatic heterocycles. The molecular weight excluding hydrogens is 210 g/mol. The van der Waals surface area contributed by atoms with Crippen LogP contribution in [0.5, 0.6) is 0 Å². The van der Waals surface area contributed by atoms with Crippen LogP contribution in [0.4, 0.5) is 0 Å². The monoisotopic (exact) mass is 231 g/mol. The van der Waals surface area contributed by atoms with E-state index in [1.807, 2.05) is 18.2 Å². The molecule has 0 aliphatic carbocycles. The SMILES string of the molecule is C=CCNC(N)=NCC(C)(C)c1ccccc1. The maximum atomic E-state index is 5.74. The lowest BCUT2D eigenvalue weighted by Gasteiger charge is -2.23. The van der Waals surface area contributed by atoms with Gasteiger partial charge < -0.3 is 11.1 Å². The lowest BCUT2D eigenvalue weighted by atomic mass is 9.85. The van der Waals surface area contributed by atoms with Gasteiger partial charge in [0.05, 0.1) is 6.54 Å². The fraction of sp³-hybridized carbons (Fsp3) is 0.357. The molecule has 0 bridgehead atoms. The Morgan fingerprint density at radius 1 is 1.41 bits per heavy atom. The second-order valence-corrected chi connectivity index (χ2v) is 4.62.